The monoisotopic (exact) mass is 378 g/mol. The normalized spacial score (nSPS) is 11.6. The number of rotatable bonds is 2. The Morgan fingerprint density at radius 2 is 1.46 bits per heavy atom. The van der Waals surface area contributed by atoms with Crippen LogP contribution in [0.25, 0.3) is 54.1 Å². The molecule has 3 heterocycles. The van der Waals surface area contributed by atoms with Crippen LogP contribution >= 0.6 is 11.3 Å². The molecule has 0 unspecified atom stereocenters. The predicted molar refractivity (Wildman–Crippen MR) is 115 cm³/mol. The van der Waals surface area contributed by atoms with Crippen molar-refractivity contribution in [2.45, 2.75) is 0 Å². The zero-order chi connectivity index (χ0) is 18.5. The van der Waals surface area contributed by atoms with Crippen LogP contribution in [0.5, 0.6) is 0 Å². The fourth-order valence-electron chi connectivity index (χ4n) is 3.62. The number of benzene rings is 3. The molecule has 0 aliphatic carbocycles. The van der Waals surface area contributed by atoms with E-state index >= 15 is 0 Å². The maximum atomic E-state index is 4.87. The van der Waals surface area contributed by atoms with Gasteiger partial charge in [0.1, 0.15) is 10.8 Å². The van der Waals surface area contributed by atoms with Crippen LogP contribution < -0.4 is 0 Å². The quantitative estimate of drug-likeness (QED) is 0.399. The largest absolute Gasteiger partial charge is 0.338 e. The van der Waals surface area contributed by atoms with Gasteiger partial charge in [0.15, 0.2) is 0 Å². The number of imidazole rings is 1. The molecule has 6 aromatic rings. The molecule has 1 N–H and O–H groups in total. The van der Waals surface area contributed by atoms with Crippen LogP contribution in [-0.2, 0) is 0 Å². The first-order valence-electron chi connectivity index (χ1n) is 9.06. The second-order valence-electron chi connectivity index (χ2n) is 6.65. The van der Waals surface area contributed by atoms with E-state index in [4.69, 9.17) is 15.0 Å². The fraction of sp³-hybridized carbons (Fsp3) is 0. The Hall–Kier alpha value is -3.57. The number of aromatic amines is 1. The molecule has 0 atom stereocenters. The van der Waals surface area contributed by atoms with Gasteiger partial charge in [0.2, 0.25) is 0 Å². The molecule has 0 bridgehead atoms. The third-order valence-electron chi connectivity index (χ3n) is 4.93. The van der Waals surface area contributed by atoms with Crippen LogP contribution in [0.1, 0.15) is 0 Å². The molecule has 5 heteroatoms. The van der Waals surface area contributed by atoms with E-state index in [9.17, 15) is 0 Å². The zero-order valence-electron chi connectivity index (χ0n) is 14.8. The van der Waals surface area contributed by atoms with E-state index in [-0.39, 0.29) is 0 Å². The number of nitrogens with zero attached hydrogens (tertiary/aromatic N) is 3. The SMILES string of the molecule is c1ccc2[nH]c(-c3c(-c4nc5ccccc5s4)cnc4ccccc34)nc2c1. The minimum atomic E-state index is 0.842. The average Bonchev–Trinajstić information content (AvgIpc) is 3.36. The Kier molecular flexibility index (Phi) is 3.30. The number of nitrogens with one attached hydrogen (secondary N) is 1. The van der Waals surface area contributed by atoms with Crippen molar-refractivity contribution >= 4 is 43.5 Å². The van der Waals surface area contributed by atoms with Crippen molar-refractivity contribution in [3.05, 3.63) is 79.0 Å². The lowest BCUT2D eigenvalue weighted by Crippen LogP contribution is -1.91. The van der Waals surface area contributed by atoms with Crippen molar-refractivity contribution < 1.29 is 0 Å². The van der Waals surface area contributed by atoms with Gasteiger partial charge in [-0.15, -0.1) is 11.3 Å². The maximum Gasteiger partial charge on any atom is 0.139 e. The van der Waals surface area contributed by atoms with E-state index < -0.39 is 0 Å². The smallest absolute Gasteiger partial charge is 0.139 e. The Morgan fingerprint density at radius 3 is 2.32 bits per heavy atom. The first-order chi connectivity index (χ1) is 13.9. The molecule has 0 fully saturated rings. The highest BCUT2D eigenvalue weighted by Gasteiger charge is 2.18. The molecule has 0 aliphatic heterocycles. The summed E-state index contributed by atoms with van der Waals surface area (Å²) in [6.07, 6.45) is 1.92. The fourth-order valence-corrected chi connectivity index (χ4v) is 4.60. The molecule has 28 heavy (non-hydrogen) atoms. The van der Waals surface area contributed by atoms with Crippen molar-refractivity contribution in [2.24, 2.45) is 0 Å². The van der Waals surface area contributed by atoms with Crippen molar-refractivity contribution in [2.75, 3.05) is 0 Å². The van der Waals surface area contributed by atoms with Crippen molar-refractivity contribution in [1.82, 2.24) is 19.9 Å². The van der Waals surface area contributed by atoms with Gasteiger partial charge in [-0.25, -0.2) is 9.97 Å². The maximum absolute atomic E-state index is 4.87. The molecular formula is C23H14N4S. The van der Waals surface area contributed by atoms with Crippen LogP contribution in [0.3, 0.4) is 0 Å². The molecule has 0 saturated carbocycles. The summed E-state index contributed by atoms with van der Waals surface area (Å²) in [7, 11) is 0. The molecular weight excluding hydrogens is 364 g/mol. The van der Waals surface area contributed by atoms with E-state index in [0.29, 0.717) is 0 Å². The lowest BCUT2D eigenvalue weighted by atomic mass is 10.0. The lowest BCUT2D eigenvalue weighted by Gasteiger charge is -2.08. The van der Waals surface area contributed by atoms with Crippen LogP contribution in [-0.4, -0.2) is 19.9 Å². The molecule has 3 aromatic heterocycles. The number of fused-ring (bicyclic) bond motifs is 3. The summed E-state index contributed by atoms with van der Waals surface area (Å²) < 4.78 is 1.17. The molecule has 0 radical (unpaired) electrons. The minimum Gasteiger partial charge on any atom is -0.338 e. The van der Waals surface area contributed by atoms with Gasteiger partial charge in [-0.05, 0) is 30.3 Å². The first-order valence-corrected chi connectivity index (χ1v) is 9.87. The molecule has 132 valence electrons. The summed E-state index contributed by atoms with van der Waals surface area (Å²) in [5.74, 6) is 0.842. The number of thiazole rings is 1. The standard InChI is InChI=1S/C23H14N4S/c1-2-8-16-14(7-1)21(22-25-17-9-3-4-10-18(17)26-22)15(13-24-16)23-27-19-11-5-6-12-20(19)28-23/h1-13H,(H,25,26). The topological polar surface area (TPSA) is 54.5 Å². The highest BCUT2D eigenvalue weighted by Crippen LogP contribution is 2.39. The third kappa shape index (κ3) is 2.33. The van der Waals surface area contributed by atoms with E-state index in [0.717, 1.165) is 49.4 Å². The number of aromatic nitrogens is 4. The summed E-state index contributed by atoms with van der Waals surface area (Å²) in [6.45, 7) is 0. The van der Waals surface area contributed by atoms with Crippen LogP contribution in [0, 0.1) is 0 Å². The molecule has 0 aliphatic rings. The minimum absolute atomic E-state index is 0.842. The number of hydrogen-bond donors (Lipinski definition) is 1. The Balaban J connectivity index is 1.70. The lowest BCUT2D eigenvalue weighted by molar-refractivity contribution is 1.32. The highest BCUT2D eigenvalue weighted by molar-refractivity contribution is 7.21. The third-order valence-corrected chi connectivity index (χ3v) is 6.00. The second-order valence-corrected chi connectivity index (χ2v) is 7.68. The number of pyridine rings is 1. The zero-order valence-corrected chi connectivity index (χ0v) is 15.6. The van der Waals surface area contributed by atoms with E-state index in [1.165, 1.54) is 4.70 Å². The molecule has 6 rings (SSSR count). The van der Waals surface area contributed by atoms with Gasteiger partial charge in [-0.1, -0.05) is 42.5 Å². The molecule has 0 amide bonds. The van der Waals surface area contributed by atoms with Crippen molar-refractivity contribution in [3.63, 3.8) is 0 Å². The number of para-hydroxylation sites is 4. The van der Waals surface area contributed by atoms with Crippen LogP contribution in [0.2, 0.25) is 0 Å². The Morgan fingerprint density at radius 1 is 0.714 bits per heavy atom. The van der Waals surface area contributed by atoms with Crippen molar-refractivity contribution in [3.8, 4) is 22.0 Å². The van der Waals surface area contributed by atoms with E-state index in [1.807, 2.05) is 66.9 Å². The van der Waals surface area contributed by atoms with E-state index in [2.05, 4.69) is 17.1 Å². The van der Waals surface area contributed by atoms with Gasteiger partial charge in [-0.2, -0.15) is 0 Å². The van der Waals surface area contributed by atoms with Gasteiger partial charge >= 0.3 is 0 Å². The molecule has 3 aromatic carbocycles. The summed E-state index contributed by atoms with van der Waals surface area (Å²) >= 11 is 1.68. The summed E-state index contributed by atoms with van der Waals surface area (Å²) in [4.78, 5) is 17.9. The van der Waals surface area contributed by atoms with Gasteiger partial charge in [0.25, 0.3) is 0 Å². The molecule has 0 saturated heterocycles. The van der Waals surface area contributed by atoms with Crippen LogP contribution in [0.4, 0.5) is 0 Å². The first kappa shape index (κ1) is 15.5. The second kappa shape index (κ2) is 5.97. The highest BCUT2D eigenvalue weighted by atomic mass is 32.1. The van der Waals surface area contributed by atoms with Gasteiger partial charge in [0.05, 0.1) is 26.8 Å². The van der Waals surface area contributed by atoms with Gasteiger partial charge < -0.3 is 4.98 Å². The predicted octanol–water partition coefficient (Wildman–Crippen LogP) is 6.05. The summed E-state index contributed by atoms with van der Waals surface area (Å²) in [5, 5.41) is 2.02. The Labute approximate surface area is 164 Å². The van der Waals surface area contributed by atoms with Gasteiger partial charge in [0, 0.05) is 22.7 Å². The van der Waals surface area contributed by atoms with Crippen LogP contribution in [0.15, 0.2) is 79.0 Å². The van der Waals surface area contributed by atoms with E-state index in [1.54, 1.807) is 11.3 Å². The van der Waals surface area contributed by atoms with Gasteiger partial charge in [-0.3, -0.25) is 4.98 Å². The number of hydrogen-bond acceptors (Lipinski definition) is 4. The van der Waals surface area contributed by atoms with Crippen molar-refractivity contribution in [1.29, 1.82) is 0 Å². The average molecular weight is 378 g/mol. The summed E-state index contributed by atoms with van der Waals surface area (Å²) in [6, 6.07) is 24.5. The Bertz CT molecular complexity index is 1410. The summed E-state index contributed by atoms with van der Waals surface area (Å²) in [5.41, 5.74) is 5.97. The molecule has 4 nitrogen and oxygen atoms in total. The molecule has 0 spiro atoms. The number of H-pyrrole nitrogens is 1.